The fourth-order valence-electron chi connectivity index (χ4n) is 2.73. The molecule has 0 spiro atoms. The molecule has 0 saturated carbocycles. The van der Waals surface area contributed by atoms with Crippen molar-refractivity contribution >= 4 is 39.8 Å². The summed E-state index contributed by atoms with van der Waals surface area (Å²) in [6.07, 6.45) is 0. The number of aromatic nitrogens is 1. The molecule has 1 heterocycles. The molecule has 5 nitrogen and oxygen atoms in total. The molecule has 0 aliphatic heterocycles. The summed E-state index contributed by atoms with van der Waals surface area (Å²) in [4.78, 5) is 26.4. The zero-order valence-corrected chi connectivity index (χ0v) is 14.6. The van der Waals surface area contributed by atoms with Crippen LogP contribution in [0.2, 0.25) is 5.02 Å². The van der Waals surface area contributed by atoms with Crippen LogP contribution in [0.3, 0.4) is 0 Å². The lowest BCUT2D eigenvalue weighted by Gasteiger charge is -2.16. The summed E-state index contributed by atoms with van der Waals surface area (Å²) in [7, 11) is 0. The second-order valence-electron chi connectivity index (χ2n) is 5.91. The van der Waals surface area contributed by atoms with Crippen LogP contribution in [0.4, 0.5) is 11.4 Å². The molecule has 1 aromatic heterocycles. The van der Waals surface area contributed by atoms with Gasteiger partial charge in [0.25, 0.3) is 5.56 Å². The third kappa shape index (κ3) is 4.00. The van der Waals surface area contributed by atoms with E-state index < -0.39 is 0 Å². The van der Waals surface area contributed by atoms with Crippen molar-refractivity contribution in [1.82, 2.24) is 4.98 Å². The topological polar surface area (TPSA) is 74.0 Å². The number of fused-ring (bicyclic) bond motifs is 1. The molecule has 0 aliphatic carbocycles. The number of amides is 1. The molecule has 128 valence electrons. The summed E-state index contributed by atoms with van der Waals surface area (Å²) in [5.41, 5.74) is 2.72. The minimum Gasteiger partial charge on any atom is -0.378 e. The lowest BCUT2D eigenvalue weighted by molar-refractivity contribution is -0.114. The zero-order valence-electron chi connectivity index (χ0n) is 13.9. The molecule has 25 heavy (non-hydrogen) atoms. The van der Waals surface area contributed by atoms with Gasteiger partial charge in [-0.25, -0.2) is 0 Å². The second-order valence-corrected chi connectivity index (χ2v) is 6.35. The lowest BCUT2D eigenvalue weighted by atomic mass is 10.1. The van der Waals surface area contributed by atoms with Gasteiger partial charge in [-0.05, 0) is 49.4 Å². The Hall–Kier alpha value is -2.79. The van der Waals surface area contributed by atoms with Gasteiger partial charge in [0.15, 0.2) is 0 Å². The van der Waals surface area contributed by atoms with E-state index in [1.807, 2.05) is 43.3 Å². The van der Waals surface area contributed by atoms with Crippen molar-refractivity contribution in [3.63, 3.8) is 0 Å². The summed E-state index contributed by atoms with van der Waals surface area (Å²) in [5, 5.41) is 7.52. The molecule has 3 N–H and O–H groups in total. The van der Waals surface area contributed by atoms with Crippen LogP contribution in [-0.2, 0) is 4.79 Å². The number of halogens is 1. The number of hydrogen-bond acceptors (Lipinski definition) is 3. The number of nitrogens with one attached hydrogen (secondary N) is 3. The highest BCUT2D eigenvalue weighted by Crippen LogP contribution is 2.23. The average molecular weight is 356 g/mol. The highest BCUT2D eigenvalue weighted by Gasteiger charge is 2.12. The van der Waals surface area contributed by atoms with Gasteiger partial charge >= 0.3 is 0 Å². The molecule has 2 aromatic carbocycles. The van der Waals surface area contributed by atoms with E-state index in [1.54, 1.807) is 12.1 Å². The average Bonchev–Trinajstić information content (AvgIpc) is 2.54. The van der Waals surface area contributed by atoms with Gasteiger partial charge in [-0.15, -0.1) is 0 Å². The Bertz CT molecular complexity index is 997. The third-order valence-corrected chi connectivity index (χ3v) is 4.10. The number of anilines is 2. The van der Waals surface area contributed by atoms with E-state index in [-0.39, 0.29) is 17.5 Å². The van der Waals surface area contributed by atoms with E-state index in [4.69, 9.17) is 11.6 Å². The van der Waals surface area contributed by atoms with Crippen LogP contribution in [0, 0.1) is 0 Å². The molecule has 3 aromatic rings. The fourth-order valence-corrected chi connectivity index (χ4v) is 2.91. The third-order valence-electron chi connectivity index (χ3n) is 3.87. The first-order valence-electron chi connectivity index (χ1n) is 7.89. The van der Waals surface area contributed by atoms with Gasteiger partial charge < -0.3 is 15.6 Å². The minimum absolute atomic E-state index is 0.131. The van der Waals surface area contributed by atoms with Gasteiger partial charge in [0.1, 0.15) is 0 Å². The molecule has 3 rings (SSSR count). The van der Waals surface area contributed by atoms with Crippen molar-refractivity contribution in [2.24, 2.45) is 0 Å². The lowest BCUT2D eigenvalue weighted by Crippen LogP contribution is -2.19. The standard InChI is InChI=1S/C19H18ClN3O2/c1-11(21-15-4-3-5-16(10-15)22-12(2)24)17-9-13-8-14(20)6-7-18(13)23-19(17)25/h3-11,21H,1-2H3,(H,22,24)(H,23,25)/t11-/m0/s1. The number of aromatic amines is 1. The predicted octanol–water partition coefficient (Wildman–Crippen LogP) is 4.31. The SMILES string of the molecule is CC(=O)Nc1cccc(N[C@@H](C)c2cc3cc(Cl)ccc3[nH]c2=O)c1. The Kier molecular flexibility index (Phi) is 4.76. The first-order chi connectivity index (χ1) is 11.9. The van der Waals surface area contributed by atoms with Crippen molar-refractivity contribution in [3.05, 3.63) is 69.5 Å². The van der Waals surface area contributed by atoms with Gasteiger partial charge in [0, 0.05) is 39.8 Å². The number of H-pyrrole nitrogens is 1. The van der Waals surface area contributed by atoms with Crippen molar-refractivity contribution in [2.45, 2.75) is 19.9 Å². The summed E-state index contributed by atoms with van der Waals surface area (Å²) < 4.78 is 0. The van der Waals surface area contributed by atoms with Gasteiger partial charge in [-0.3, -0.25) is 9.59 Å². The maximum Gasteiger partial charge on any atom is 0.253 e. The van der Waals surface area contributed by atoms with Crippen LogP contribution >= 0.6 is 11.6 Å². The Labute approximate surface area is 150 Å². The molecule has 1 amide bonds. The Morgan fingerprint density at radius 2 is 1.88 bits per heavy atom. The monoisotopic (exact) mass is 355 g/mol. The van der Waals surface area contributed by atoms with E-state index in [9.17, 15) is 9.59 Å². The van der Waals surface area contributed by atoms with Crippen LogP contribution in [-0.4, -0.2) is 10.9 Å². The van der Waals surface area contributed by atoms with Gasteiger partial charge in [-0.1, -0.05) is 17.7 Å². The molecular weight excluding hydrogens is 338 g/mol. The number of pyridine rings is 1. The number of hydrogen-bond donors (Lipinski definition) is 3. The molecule has 0 aliphatic rings. The highest BCUT2D eigenvalue weighted by atomic mass is 35.5. The van der Waals surface area contributed by atoms with E-state index in [1.165, 1.54) is 6.92 Å². The molecule has 0 radical (unpaired) electrons. The van der Waals surface area contributed by atoms with Crippen LogP contribution in [0.25, 0.3) is 10.9 Å². The minimum atomic E-state index is -0.222. The normalized spacial score (nSPS) is 12.0. The number of carbonyl (C=O) groups excluding carboxylic acids is 1. The highest BCUT2D eigenvalue weighted by molar-refractivity contribution is 6.31. The summed E-state index contributed by atoms with van der Waals surface area (Å²) in [5.74, 6) is -0.131. The first kappa shape index (κ1) is 17.0. The summed E-state index contributed by atoms with van der Waals surface area (Å²) in [6, 6.07) is 14.3. The molecular formula is C19H18ClN3O2. The summed E-state index contributed by atoms with van der Waals surface area (Å²) in [6.45, 7) is 3.37. The van der Waals surface area contributed by atoms with Gasteiger partial charge in [0.05, 0.1) is 6.04 Å². The van der Waals surface area contributed by atoms with Crippen molar-refractivity contribution in [3.8, 4) is 0 Å². The predicted molar refractivity (Wildman–Crippen MR) is 102 cm³/mol. The Balaban J connectivity index is 1.89. The van der Waals surface area contributed by atoms with Gasteiger partial charge in [0.2, 0.25) is 5.91 Å². The Morgan fingerprint density at radius 1 is 1.12 bits per heavy atom. The molecule has 0 unspecified atom stereocenters. The van der Waals surface area contributed by atoms with Crippen LogP contribution in [0.15, 0.2) is 53.3 Å². The number of benzene rings is 2. The van der Waals surface area contributed by atoms with E-state index in [0.29, 0.717) is 16.3 Å². The van der Waals surface area contributed by atoms with E-state index >= 15 is 0 Å². The van der Waals surface area contributed by atoms with E-state index in [2.05, 4.69) is 15.6 Å². The zero-order chi connectivity index (χ0) is 18.0. The molecule has 6 heteroatoms. The quantitative estimate of drug-likeness (QED) is 0.652. The number of carbonyl (C=O) groups is 1. The summed E-state index contributed by atoms with van der Waals surface area (Å²) >= 11 is 6.04. The van der Waals surface area contributed by atoms with Crippen LogP contribution in [0.1, 0.15) is 25.5 Å². The second kappa shape index (κ2) is 6.99. The maximum atomic E-state index is 12.4. The van der Waals surface area contributed by atoms with Crippen molar-refractivity contribution < 1.29 is 4.79 Å². The molecule has 0 fully saturated rings. The maximum absolute atomic E-state index is 12.4. The van der Waals surface area contributed by atoms with Crippen molar-refractivity contribution in [2.75, 3.05) is 10.6 Å². The van der Waals surface area contributed by atoms with Crippen LogP contribution in [0.5, 0.6) is 0 Å². The smallest absolute Gasteiger partial charge is 0.253 e. The molecule has 1 atom stereocenters. The Morgan fingerprint density at radius 3 is 2.64 bits per heavy atom. The first-order valence-corrected chi connectivity index (χ1v) is 8.27. The van der Waals surface area contributed by atoms with Gasteiger partial charge in [-0.2, -0.15) is 0 Å². The molecule has 0 bridgehead atoms. The van der Waals surface area contributed by atoms with Crippen LogP contribution < -0.4 is 16.2 Å². The fraction of sp³-hybridized carbons (Fsp3) is 0.158. The van der Waals surface area contributed by atoms with Crippen molar-refractivity contribution in [1.29, 1.82) is 0 Å². The largest absolute Gasteiger partial charge is 0.378 e. The molecule has 0 saturated heterocycles. The van der Waals surface area contributed by atoms with E-state index in [0.717, 1.165) is 16.6 Å². The number of rotatable bonds is 4.